The van der Waals surface area contributed by atoms with Crippen molar-refractivity contribution in [3.63, 3.8) is 0 Å². The Hall–Kier alpha value is -2.54. The molecule has 2 aromatic rings. The van der Waals surface area contributed by atoms with Gasteiger partial charge in [0.05, 0.1) is 23.3 Å². The molecule has 0 bridgehead atoms. The molecule has 0 aromatic heterocycles. The first-order valence-electron chi connectivity index (χ1n) is 6.07. The molecule has 0 heterocycles. The number of nitro groups is 1. The zero-order valence-corrected chi connectivity index (χ0v) is 10.8. The lowest BCUT2D eigenvalue weighted by Gasteiger charge is -2.08. The number of non-ortho nitro benzene ring substituents is 1. The van der Waals surface area contributed by atoms with Gasteiger partial charge in [-0.15, -0.1) is 0 Å². The highest BCUT2D eigenvalue weighted by molar-refractivity contribution is 5.50. The van der Waals surface area contributed by atoms with Gasteiger partial charge in [0.15, 0.2) is 5.82 Å². The molecule has 0 saturated carbocycles. The van der Waals surface area contributed by atoms with E-state index in [1.54, 1.807) is 6.07 Å². The van der Waals surface area contributed by atoms with Crippen LogP contribution in [0, 0.1) is 21.7 Å². The first-order chi connectivity index (χ1) is 10.0. The molecule has 0 aliphatic heterocycles. The molecular weight excluding hydrogens is 282 g/mol. The molecule has 0 saturated heterocycles. The van der Waals surface area contributed by atoms with Gasteiger partial charge in [-0.2, -0.15) is 0 Å². The van der Waals surface area contributed by atoms with Crippen molar-refractivity contribution in [2.75, 3.05) is 5.32 Å². The summed E-state index contributed by atoms with van der Waals surface area (Å²) >= 11 is 0. The summed E-state index contributed by atoms with van der Waals surface area (Å²) in [6.45, 7) is -0.242. The standard InChI is InChI=1S/C14H12F2N2O3/c15-12-5-9(1-2-10(12)8-19)7-17-14-4-3-11(18(20)21)6-13(14)16/h1-6,17,19H,7-8H2. The Morgan fingerprint density at radius 1 is 1.14 bits per heavy atom. The number of rotatable bonds is 5. The van der Waals surface area contributed by atoms with Crippen molar-refractivity contribution >= 4 is 11.4 Å². The molecule has 0 unspecified atom stereocenters. The number of anilines is 1. The van der Waals surface area contributed by atoms with Crippen LogP contribution in [0.5, 0.6) is 0 Å². The molecule has 2 aromatic carbocycles. The SMILES string of the molecule is O=[N+]([O-])c1ccc(NCc2ccc(CO)c(F)c2)c(F)c1. The average Bonchev–Trinajstić information content (AvgIpc) is 2.46. The maximum Gasteiger partial charge on any atom is 0.272 e. The van der Waals surface area contributed by atoms with Gasteiger partial charge in [0, 0.05) is 18.2 Å². The second-order valence-corrected chi connectivity index (χ2v) is 4.36. The molecule has 7 heteroatoms. The second-order valence-electron chi connectivity index (χ2n) is 4.36. The highest BCUT2D eigenvalue weighted by atomic mass is 19.1. The molecule has 0 radical (unpaired) electrons. The van der Waals surface area contributed by atoms with Crippen LogP contribution in [0.25, 0.3) is 0 Å². The van der Waals surface area contributed by atoms with Crippen molar-refractivity contribution in [3.05, 3.63) is 69.3 Å². The van der Waals surface area contributed by atoms with E-state index in [0.717, 1.165) is 6.07 Å². The predicted octanol–water partition coefficient (Wildman–Crippen LogP) is 2.98. The van der Waals surface area contributed by atoms with Crippen LogP contribution in [-0.4, -0.2) is 10.0 Å². The van der Waals surface area contributed by atoms with Crippen LogP contribution < -0.4 is 5.32 Å². The largest absolute Gasteiger partial charge is 0.392 e. The zero-order chi connectivity index (χ0) is 15.4. The van der Waals surface area contributed by atoms with E-state index < -0.39 is 23.2 Å². The Morgan fingerprint density at radius 2 is 1.90 bits per heavy atom. The summed E-state index contributed by atoms with van der Waals surface area (Å²) in [6.07, 6.45) is 0. The molecule has 0 fully saturated rings. The Labute approximate surface area is 119 Å². The van der Waals surface area contributed by atoms with Crippen LogP contribution in [0.1, 0.15) is 11.1 Å². The predicted molar refractivity (Wildman–Crippen MR) is 72.7 cm³/mol. The van der Waals surface area contributed by atoms with Gasteiger partial charge < -0.3 is 10.4 Å². The highest BCUT2D eigenvalue weighted by Gasteiger charge is 2.10. The number of aliphatic hydroxyl groups excluding tert-OH is 1. The molecular formula is C14H12F2N2O3. The van der Waals surface area contributed by atoms with Crippen molar-refractivity contribution < 1.29 is 18.8 Å². The van der Waals surface area contributed by atoms with E-state index in [2.05, 4.69) is 5.32 Å². The molecule has 0 aliphatic carbocycles. The van der Waals surface area contributed by atoms with Gasteiger partial charge in [-0.05, 0) is 17.7 Å². The molecule has 0 aliphatic rings. The number of nitro benzene ring substituents is 1. The summed E-state index contributed by atoms with van der Waals surface area (Å²) in [5.74, 6) is -1.29. The summed E-state index contributed by atoms with van der Waals surface area (Å²) in [7, 11) is 0. The van der Waals surface area contributed by atoms with E-state index in [4.69, 9.17) is 5.11 Å². The van der Waals surface area contributed by atoms with E-state index in [-0.39, 0.29) is 23.5 Å². The number of benzene rings is 2. The molecule has 2 N–H and O–H groups in total. The summed E-state index contributed by atoms with van der Waals surface area (Å²) in [6, 6.07) is 7.54. The maximum atomic E-state index is 13.6. The van der Waals surface area contributed by atoms with Crippen molar-refractivity contribution in [2.24, 2.45) is 0 Å². The zero-order valence-electron chi connectivity index (χ0n) is 10.8. The first kappa shape index (κ1) is 14.9. The van der Waals surface area contributed by atoms with Crippen LogP contribution in [0.2, 0.25) is 0 Å². The van der Waals surface area contributed by atoms with Crippen LogP contribution >= 0.6 is 0 Å². The Bertz CT molecular complexity index is 677. The number of aliphatic hydroxyl groups is 1. The lowest BCUT2D eigenvalue weighted by Crippen LogP contribution is -2.03. The third-order valence-corrected chi connectivity index (χ3v) is 2.93. The number of halogens is 2. The summed E-state index contributed by atoms with van der Waals surface area (Å²) in [4.78, 5) is 9.81. The fourth-order valence-corrected chi connectivity index (χ4v) is 1.79. The van der Waals surface area contributed by atoms with E-state index in [0.29, 0.717) is 5.56 Å². The van der Waals surface area contributed by atoms with Gasteiger partial charge in [-0.25, -0.2) is 8.78 Å². The molecule has 110 valence electrons. The smallest absolute Gasteiger partial charge is 0.272 e. The monoisotopic (exact) mass is 294 g/mol. The molecule has 0 atom stereocenters. The fourth-order valence-electron chi connectivity index (χ4n) is 1.79. The Morgan fingerprint density at radius 3 is 2.48 bits per heavy atom. The summed E-state index contributed by atoms with van der Waals surface area (Å²) in [5, 5.41) is 22.1. The van der Waals surface area contributed by atoms with E-state index in [1.165, 1.54) is 24.3 Å². The van der Waals surface area contributed by atoms with Crippen LogP contribution in [0.15, 0.2) is 36.4 Å². The van der Waals surface area contributed by atoms with Gasteiger partial charge in [-0.3, -0.25) is 10.1 Å². The fraction of sp³-hybridized carbons (Fsp3) is 0.143. The first-order valence-corrected chi connectivity index (χ1v) is 6.07. The van der Waals surface area contributed by atoms with Crippen LogP contribution in [0.3, 0.4) is 0 Å². The molecule has 2 rings (SSSR count). The minimum Gasteiger partial charge on any atom is -0.392 e. The normalized spacial score (nSPS) is 10.4. The van der Waals surface area contributed by atoms with Crippen molar-refractivity contribution in [1.29, 1.82) is 0 Å². The molecule has 0 amide bonds. The average molecular weight is 294 g/mol. The maximum absolute atomic E-state index is 13.6. The quantitative estimate of drug-likeness (QED) is 0.656. The van der Waals surface area contributed by atoms with Crippen molar-refractivity contribution in [2.45, 2.75) is 13.2 Å². The highest BCUT2D eigenvalue weighted by Crippen LogP contribution is 2.21. The summed E-state index contributed by atoms with van der Waals surface area (Å²) < 4.78 is 27.1. The minimum absolute atomic E-state index is 0.0900. The third kappa shape index (κ3) is 3.51. The topological polar surface area (TPSA) is 75.4 Å². The van der Waals surface area contributed by atoms with Gasteiger partial charge in [0.25, 0.3) is 5.69 Å². The third-order valence-electron chi connectivity index (χ3n) is 2.93. The van der Waals surface area contributed by atoms with Crippen LogP contribution in [0.4, 0.5) is 20.2 Å². The van der Waals surface area contributed by atoms with Crippen molar-refractivity contribution in [1.82, 2.24) is 0 Å². The lowest BCUT2D eigenvalue weighted by molar-refractivity contribution is -0.385. The number of nitrogens with one attached hydrogen (secondary N) is 1. The van der Waals surface area contributed by atoms with Gasteiger partial charge in [-0.1, -0.05) is 12.1 Å². The number of hydrogen-bond donors (Lipinski definition) is 2. The summed E-state index contributed by atoms with van der Waals surface area (Å²) in [5.41, 5.74) is 0.492. The molecule has 21 heavy (non-hydrogen) atoms. The van der Waals surface area contributed by atoms with E-state index >= 15 is 0 Å². The van der Waals surface area contributed by atoms with Crippen LogP contribution in [-0.2, 0) is 13.2 Å². The van der Waals surface area contributed by atoms with Crippen molar-refractivity contribution in [3.8, 4) is 0 Å². The van der Waals surface area contributed by atoms with Gasteiger partial charge >= 0.3 is 0 Å². The molecule has 5 nitrogen and oxygen atoms in total. The van der Waals surface area contributed by atoms with Gasteiger partial charge in [0.1, 0.15) is 5.82 Å². The number of nitrogens with zero attached hydrogens (tertiary/aromatic N) is 1. The minimum atomic E-state index is -0.753. The number of hydrogen-bond acceptors (Lipinski definition) is 4. The Balaban J connectivity index is 2.09. The second kappa shape index (κ2) is 6.27. The lowest BCUT2D eigenvalue weighted by atomic mass is 10.1. The van der Waals surface area contributed by atoms with E-state index in [9.17, 15) is 18.9 Å². The Kier molecular flexibility index (Phi) is 4.44. The van der Waals surface area contributed by atoms with Gasteiger partial charge in [0.2, 0.25) is 0 Å². The van der Waals surface area contributed by atoms with E-state index in [1.807, 2.05) is 0 Å². The molecule has 0 spiro atoms.